The molecule has 0 amide bonds. The van der Waals surface area contributed by atoms with Crippen LogP contribution >= 0.6 is 0 Å². The van der Waals surface area contributed by atoms with Crippen LogP contribution in [0.2, 0.25) is 0 Å². The van der Waals surface area contributed by atoms with Gasteiger partial charge >= 0.3 is 5.97 Å². The summed E-state index contributed by atoms with van der Waals surface area (Å²) in [6, 6.07) is 49.3. The first-order chi connectivity index (χ1) is 18.2. The molecule has 0 aliphatic heterocycles. The number of hydrogen-bond acceptors (Lipinski definition) is 2. The van der Waals surface area contributed by atoms with Gasteiger partial charge in [0.2, 0.25) is 0 Å². The lowest BCUT2D eigenvalue weighted by Gasteiger charge is -2.44. The van der Waals surface area contributed by atoms with Gasteiger partial charge < -0.3 is 4.74 Å². The highest BCUT2D eigenvalue weighted by atomic mass is 16.5. The van der Waals surface area contributed by atoms with E-state index in [1.54, 1.807) is 0 Å². The van der Waals surface area contributed by atoms with Crippen molar-refractivity contribution in [3.63, 3.8) is 0 Å². The van der Waals surface area contributed by atoms with Gasteiger partial charge in [-0.1, -0.05) is 127 Å². The zero-order chi connectivity index (χ0) is 25.8. The molecule has 37 heavy (non-hydrogen) atoms. The van der Waals surface area contributed by atoms with Crippen molar-refractivity contribution in [3.8, 4) is 0 Å². The highest BCUT2D eigenvalue weighted by molar-refractivity contribution is 7.19. The van der Waals surface area contributed by atoms with Crippen molar-refractivity contribution in [3.05, 3.63) is 152 Å². The minimum absolute atomic E-state index is 0.230. The lowest BCUT2D eigenvalue weighted by atomic mass is 9.13. The van der Waals surface area contributed by atoms with Crippen molar-refractivity contribution < 1.29 is 14.1 Å². The zero-order valence-electron chi connectivity index (χ0n) is 21.2. The number of benzene rings is 4. The summed E-state index contributed by atoms with van der Waals surface area (Å²) in [6.45, 7) is 2.56. The quantitative estimate of drug-likeness (QED) is 0.200. The summed E-state index contributed by atoms with van der Waals surface area (Å²) in [5.74, 6) is -0.230. The predicted octanol–water partition coefficient (Wildman–Crippen LogP) is 3.60. The number of carbonyl (C=O) groups is 1. The van der Waals surface area contributed by atoms with Crippen LogP contribution in [0.4, 0.5) is 0 Å². The number of hydrogen-bond donors (Lipinski definition) is 0. The van der Waals surface area contributed by atoms with Gasteiger partial charge in [0.25, 0.3) is 0 Å². The van der Waals surface area contributed by atoms with Crippen molar-refractivity contribution in [2.24, 2.45) is 0 Å². The molecule has 0 saturated carbocycles. The summed E-state index contributed by atoms with van der Waals surface area (Å²) in [5, 5.41) is 0. The highest BCUT2D eigenvalue weighted by Gasteiger charge is 2.31. The number of carbonyl (C=O) groups excluding carboxylic acids is 1. The molecular weight excluding hydrogens is 453 g/mol. The second kappa shape index (κ2) is 13.0. The largest absolute Gasteiger partial charge is 0.459 e. The summed E-state index contributed by atoms with van der Waals surface area (Å²) < 4.78 is 6.75. The Hall–Kier alpha value is -4.44. The molecule has 4 heteroatoms. The van der Waals surface area contributed by atoms with Crippen LogP contribution in [-0.4, -0.2) is 18.7 Å². The molecule has 3 nitrogen and oxygen atoms in total. The summed E-state index contributed by atoms with van der Waals surface area (Å²) >= 11 is 0. The molecule has 0 saturated heterocycles. The number of ether oxygens (including phenoxy) is 1. The Morgan fingerprint density at radius 2 is 0.892 bits per heavy atom. The maximum Gasteiger partial charge on any atom is 0.302 e. The average molecular weight is 485 g/mol. The highest BCUT2D eigenvalue weighted by Crippen LogP contribution is 2.09. The van der Waals surface area contributed by atoms with Gasteiger partial charge in [0.05, 0.1) is 0 Å². The minimum atomic E-state index is -1.22. The Morgan fingerprint density at radius 1 is 0.568 bits per heavy atom. The number of rotatable bonds is 7. The molecular formula is C33H32BNO2. The zero-order valence-corrected chi connectivity index (χ0v) is 21.2. The van der Waals surface area contributed by atoms with Crippen LogP contribution in [0.3, 0.4) is 0 Å². The van der Waals surface area contributed by atoms with Crippen LogP contribution in [0.5, 0.6) is 0 Å². The van der Waals surface area contributed by atoms with Crippen LogP contribution in [0.25, 0.3) is 0 Å². The molecule has 5 aromatic rings. The summed E-state index contributed by atoms with van der Waals surface area (Å²) in [6.07, 6.45) is 2.65. The fourth-order valence-electron chi connectivity index (χ4n) is 5.00. The van der Waals surface area contributed by atoms with E-state index >= 15 is 0 Å². The first kappa shape index (κ1) is 25.7. The fourth-order valence-corrected chi connectivity index (χ4v) is 5.00. The van der Waals surface area contributed by atoms with E-state index in [1.165, 1.54) is 28.8 Å². The monoisotopic (exact) mass is 485 g/mol. The van der Waals surface area contributed by atoms with E-state index in [4.69, 9.17) is 4.74 Å². The number of nitrogens with zero attached hydrogens (tertiary/aromatic N) is 1. The van der Waals surface area contributed by atoms with Crippen LogP contribution in [0, 0.1) is 0 Å². The van der Waals surface area contributed by atoms with Crippen LogP contribution < -0.4 is 26.4 Å². The maximum absolute atomic E-state index is 10.4. The molecule has 0 bridgehead atoms. The Morgan fingerprint density at radius 3 is 1.22 bits per heavy atom. The standard InChI is InChI=1S/C24H20B.C9H12NO2/c1-5-13-21(14-6-1)25(22-15-7-2-8-16-22,23-17-9-3-10-18-23)24-19-11-4-12-20-24;1-9(11)12-8-7-10-5-3-2-4-6-10/h1-20H;2-6H,7-8H2,1H3/q-1;+1. The molecule has 0 spiro atoms. The van der Waals surface area contributed by atoms with E-state index in [9.17, 15) is 4.79 Å². The van der Waals surface area contributed by atoms with Crippen molar-refractivity contribution in [1.82, 2.24) is 0 Å². The van der Waals surface area contributed by atoms with E-state index in [0.29, 0.717) is 13.2 Å². The van der Waals surface area contributed by atoms with Crippen molar-refractivity contribution >= 4 is 34.0 Å². The Balaban J connectivity index is 0.000000225. The molecule has 0 fully saturated rings. The SMILES string of the molecule is CC(=O)OCC[n+]1ccccc1.c1ccc([B-](c2ccccc2)(c2ccccc2)c2ccccc2)cc1. The van der Waals surface area contributed by atoms with Crippen molar-refractivity contribution in [2.75, 3.05) is 6.61 Å². The molecule has 0 N–H and O–H groups in total. The van der Waals surface area contributed by atoms with E-state index in [2.05, 4.69) is 121 Å². The third kappa shape index (κ3) is 6.42. The van der Waals surface area contributed by atoms with Crippen LogP contribution in [0.1, 0.15) is 6.92 Å². The molecule has 0 atom stereocenters. The predicted molar refractivity (Wildman–Crippen MR) is 153 cm³/mol. The third-order valence-electron chi connectivity index (χ3n) is 6.63. The lowest BCUT2D eigenvalue weighted by molar-refractivity contribution is -0.697. The number of esters is 1. The third-order valence-corrected chi connectivity index (χ3v) is 6.63. The maximum atomic E-state index is 10.4. The van der Waals surface area contributed by atoms with Gasteiger partial charge in [0.1, 0.15) is 6.15 Å². The Kier molecular flexibility index (Phi) is 9.04. The lowest BCUT2D eigenvalue weighted by Crippen LogP contribution is -2.74. The first-order valence-electron chi connectivity index (χ1n) is 12.7. The topological polar surface area (TPSA) is 30.2 Å². The molecule has 0 aliphatic carbocycles. The van der Waals surface area contributed by atoms with Gasteiger partial charge in [-0.2, -0.15) is 21.9 Å². The van der Waals surface area contributed by atoms with E-state index in [1.807, 2.05) is 35.2 Å². The van der Waals surface area contributed by atoms with Gasteiger partial charge in [0.15, 0.2) is 25.5 Å². The number of aromatic nitrogens is 1. The normalized spacial score (nSPS) is 10.6. The molecule has 0 radical (unpaired) electrons. The van der Waals surface area contributed by atoms with Gasteiger partial charge in [-0.15, -0.1) is 0 Å². The second-order valence-electron chi connectivity index (χ2n) is 8.96. The summed E-state index contributed by atoms with van der Waals surface area (Å²) in [4.78, 5) is 10.4. The Labute approximate surface area is 219 Å². The molecule has 0 aliphatic rings. The van der Waals surface area contributed by atoms with Gasteiger partial charge in [-0.3, -0.25) is 4.79 Å². The Bertz CT molecular complexity index is 1180. The van der Waals surface area contributed by atoms with Gasteiger partial charge in [0, 0.05) is 19.1 Å². The van der Waals surface area contributed by atoms with Crippen molar-refractivity contribution in [1.29, 1.82) is 0 Å². The molecule has 5 rings (SSSR count). The van der Waals surface area contributed by atoms with E-state index in [0.717, 1.165) is 0 Å². The van der Waals surface area contributed by atoms with Gasteiger partial charge in [-0.25, -0.2) is 4.57 Å². The van der Waals surface area contributed by atoms with E-state index in [-0.39, 0.29) is 5.97 Å². The smallest absolute Gasteiger partial charge is 0.302 e. The summed E-state index contributed by atoms with van der Waals surface area (Å²) in [5.41, 5.74) is 5.36. The molecule has 184 valence electrons. The van der Waals surface area contributed by atoms with Gasteiger partial charge in [-0.05, 0) is 0 Å². The van der Waals surface area contributed by atoms with Crippen LogP contribution in [0.15, 0.2) is 152 Å². The van der Waals surface area contributed by atoms with Crippen molar-refractivity contribution in [2.45, 2.75) is 13.5 Å². The molecule has 1 heterocycles. The molecule has 0 unspecified atom stereocenters. The molecule has 4 aromatic carbocycles. The number of pyridine rings is 1. The summed E-state index contributed by atoms with van der Waals surface area (Å²) in [7, 11) is 0. The van der Waals surface area contributed by atoms with E-state index < -0.39 is 6.15 Å². The fraction of sp³-hybridized carbons (Fsp3) is 0.0909. The van der Waals surface area contributed by atoms with Crippen LogP contribution in [-0.2, 0) is 16.1 Å². The second-order valence-corrected chi connectivity index (χ2v) is 8.96. The average Bonchev–Trinajstić information content (AvgIpc) is 2.97. The molecule has 1 aromatic heterocycles. The first-order valence-corrected chi connectivity index (χ1v) is 12.7. The minimum Gasteiger partial charge on any atom is -0.459 e.